The molecule has 6 aliphatic rings. The lowest BCUT2D eigenvalue weighted by Gasteiger charge is -2.71. The second kappa shape index (κ2) is 10.7. The van der Waals surface area contributed by atoms with E-state index in [1.807, 2.05) is 0 Å². The number of carbonyl (C=O) groups is 1. The summed E-state index contributed by atoms with van der Waals surface area (Å²) in [6.45, 7) is 5.14. The van der Waals surface area contributed by atoms with Gasteiger partial charge in [-0.3, -0.25) is 4.79 Å². The van der Waals surface area contributed by atoms with Crippen LogP contribution < -0.4 is 0 Å². The number of Topliss-reactive ketones (excluding diaryl/α,β-unsaturated/α-hetero) is 1. The molecule has 244 valence electrons. The van der Waals surface area contributed by atoms with E-state index in [0.29, 0.717) is 38.1 Å². The molecule has 2 spiro atoms. The molecule has 0 saturated heterocycles. The van der Waals surface area contributed by atoms with Gasteiger partial charge in [-0.05, 0) is 92.2 Å². The molecule has 8 rings (SSSR count). The van der Waals surface area contributed by atoms with Crippen LogP contribution in [0.4, 0.5) is 0 Å². The van der Waals surface area contributed by atoms with Crippen molar-refractivity contribution in [3.63, 3.8) is 0 Å². The fourth-order valence-corrected chi connectivity index (χ4v) is 13.3. The number of carbonyl (C=O) groups excluding carboxylic acids is 1. The van der Waals surface area contributed by atoms with Gasteiger partial charge in [0.05, 0.1) is 18.0 Å². The number of hydrogen-bond donors (Lipinski definition) is 2. The van der Waals surface area contributed by atoms with Crippen LogP contribution in [0, 0.1) is 33.5 Å². The average molecular weight is 656 g/mol. The average Bonchev–Trinajstić information content (AvgIpc) is 3.79. The van der Waals surface area contributed by atoms with Crippen molar-refractivity contribution in [1.29, 1.82) is 0 Å². The van der Waals surface area contributed by atoms with E-state index in [2.05, 4.69) is 32.1 Å². The lowest BCUT2D eigenvalue weighted by atomic mass is 9.32. The van der Waals surface area contributed by atoms with Gasteiger partial charge < -0.3 is 19.4 Å². The molecular formula is C35H45NO7S2. The number of rotatable bonds is 10. The Morgan fingerprint density at radius 1 is 1.09 bits per heavy atom. The lowest BCUT2D eigenvalue weighted by Crippen LogP contribution is -2.67. The lowest BCUT2D eigenvalue weighted by molar-refractivity contribution is -0.173. The van der Waals surface area contributed by atoms with Crippen LogP contribution in [0.1, 0.15) is 75.8 Å². The number of aliphatic hydroxyl groups is 2. The first-order chi connectivity index (χ1) is 21.4. The zero-order chi connectivity index (χ0) is 31.9. The molecule has 3 saturated carbocycles. The van der Waals surface area contributed by atoms with Crippen molar-refractivity contribution in [2.75, 3.05) is 26.8 Å². The quantitative estimate of drug-likeness (QED) is 0.188. The molecule has 0 aliphatic heterocycles. The molecule has 2 bridgehead atoms. The number of fused-ring (bicyclic) bond motifs is 1. The van der Waals surface area contributed by atoms with Gasteiger partial charge in [-0.1, -0.05) is 38.1 Å². The van der Waals surface area contributed by atoms with Gasteiger partial charge in [-0.15, -0.1) is 11.3 Å². The van der Waals surface area contributed by atoms with Crippen molar-refractivity contribution in [1.82, 2.24) is 4.31 Å². The number of methoxy groups -OCH3 is 1. The van der Waals surface area contributed by atoms with Gasteiger partial charge in [-0.25, -0.2) is 8.42 Å². The van der Waals surface area contributed by atoms with Gasteiger partial charge in [0, 0.05) is 48.6 Å². The van der Waals surface area contributed by atoms with Crippen molar-refractivity contribution in [3.05, 3.63) is 65.5 Å². The minimum Gasteiger partial charge on any atom is -0.461 e. The van der Waals surface area contributed by atoms with Crippen LogP contribution in [0.5, 0.6) is 0 Å². The minimum absolute atomic E-state index is 0.00696. The Bertz CT molecular complexity index is 1620. The largest absolute Gasteiger partial charge is 0.461 e. The third-order valence-corrected chi connectivity index (χ3v) is 16.2. The molecule has 0 aromatic carbocycles. The van der Waals surface area contributed by atoms with Crippen LogP contribution in [-0.4, -0.2) is 67.2 Å². The normalized spacial score (nSPS) is 40.2. The number of nitrogens with zero attached hydrogens (tertiary/aromatic N) is 1. The Labute approximate surface area is 270 Å². The Balaban J connectivity index is 1.31. The monoisotopic (exact) mass is 655 g/mol. The van der Waals surface area contributed by atoms with E-state index in [4.69, 9.17) is 9.15 Å². The van der Waals surface area contributed by atoms with E-state index in [-0.39, 0.29) is 40.3 Å². The minimum atomic E-state index is -3.83. The predicted octanol–water partition coefficient (Wildman–Crippen LogP) is 5.84. The molecule has 45 heavy (non-hydrogen) atoms. The SMILES string of the molecule is COCCCN(C[C@]1(O)CC[C@H]2[C@]34C=C[C@@]5(C=C3C(=O)c3ccco3)CC(O)CC[C@]5(C)[C@H]4CC[C@@]21C)S(=O)(=O)c1cccs1. The molecule has 0 radical (unpaired) electrons. The molecule has 8 atom stereocenters. The smallest absolute Gasteiger partial charge is 0.252 e. The highest BCUT2D eigenvalue weighted by molar-refractivity contribution is 7.91. The van der Waals surface area contributed by atoms with Crippen LogP contribution in [0.2, 0.25) is 0 Å². The van der Waals surface area contributed by atoms with Crippen LogP contribution in [0.15, 0.2) is 68.3 Å². The molecular weight excluding hydrogens is 611 g/mol. The number of allylic oxidation sites excluding steroid dienone is 4. The van der Waals surface area contributed by atoms with E-state index in [0.717, 1.165) is 31.3 Å². The maximum atomic E-state index is 14.4. The highest BCUT2D eigenvalue weighted by atomic mass is 32.2. The topological polar surface area (TPSA) is 117 Å². The van der Waals surface area contributed by atoms with Crippen LogP contribution >= 0.6 is 11.3 Å². The third kappa shape index (κ3) is 4.28. The summed E-state index contributed by atoms with van der Waals surface area (Å²) in [6.07, 6.45) is 13.2. The van der Waals surface area contributed by atoms with Gasteiger partial charge in [-0.2, -0.15) is 4.31 Å². The van der Waals surface area contributed by atoms with Crippen molar-refractivity contribution in [3.8, 4) is 0 Å². The molecule has 6 aliphatic carbocycles. The maximum Gasteiger partial charge on any atom is 0.252 e. The summed E-state index contributed by atoms with van der Waals surface area (Å²) in [4.78, 5) is 14.4. The molecule has 3 fully saturated rings. The van der Waals surface area contributed by atoms with Crippen LogP contribution in [0.25, 0.3) is 0 Å². The highest BCUT2D eigenvalue weighted by Gasteiger charge is 2.74. The highest BCUT2D eigenvalue weighted by Crippen LogP contribution is 2.78. The van der Waals surface area contributed by atoms with E-state index in [1.165, 1.54) is 21.9 Å². The fourth-order valence-electron chi connectivity index (χ4n) is 10.6. The second-order valence-corrected chi connectivity index (χ2v) is 17.8. The first-order valence-electron chi connectivity index (χ1n) is 16.3. The van der Waals surface area contributed by atoms with Gasteiger partial charge >= 0.3 is 0 Å². The number of hydrogen-bond acceptors (Lipinski definition) is 8. The van der Waals surface area contributed by atoms with E-state index >= 15 is 0 Å². The summed E-state index contributed by atoms with van der Waals surface area (Å²) >= 11 is 1.19. The standard InChI is InChI=1S/C35H45NO7S2/c1-31-12-9-24(37)21-33(31)15-16-35(25(22-33)30(38)26-7-4-19-43-26)27(31)10-13-32(2)28(35)11-14-34(32,39)23-36(17-6-18-42-3)45(40,41)29-8-5-20-44-29/h4-5,7-8,15-16,19-20,22,24,27-28,37,39H,6,9-14,17-18,21,23H2,1-3H3/t24?,27-,28-,31-,32+,33+,34-,35-/m1/s1. The van der Waals surface area contributed by atoms with Gasteiger partial charge in [0.15, 0.2) is 5.76 Å². The fraction of sp³-hybridized carbons (Fsp3) is 0.629. The molecule has 2 aromatic rings. The van der Waals surface area contributed by atoms with E-state index in [1.54, 1.807) is 36.8 Å². The molecule has 0 amide bonds. The summed E-state index contributed by atoms with van der Waals surface area (Å²) < 4.78 is 40.5. The second-order valence-electron chi connectivity index (χ2n) is 14.7. The predicted molar refractivity (Wildman–Crippen MR) is 171 cm³/mol. The van der Waals surface area contributed by atoms with Crippen LogP contribution in [0.3, 0.4) is 0 Å². The molecule has 8 nitrogen and oxygen atoms in total. The van der Waals surface area contributed by atoms with Crippen molar-refractivity contribution >= 4 is 27.1 Å². The zero-order valence-corrected chi connectivity index (χ0v) is 28.0. The third-order valence-electron chi connectivity index (χ3n) is 13.0. The summed E-state index contributed by atoms with van der Waals surface area (Å²) in [6, 6.07) is 6.81. The summed E-state index contributed by atoms with van der Waals surface area (Å²) in [5.41, 5.74) is -2.43. The molecule has 2 N–H and O–H groups in total. The number of ether oxygens (including phenoxy) is 1. The molecule has 1 unspecified atom stereocenters. The molecule has 2 aromatic heterocycles. The van der Waals surface area contributed by atoms with Crippen LogP contribution in [-0.2, 0) is 14.8 Å². The van der Waals surface area contributed by atoms with Crippen molar-refractivity contribution < 1.29 is 32.6 Å². The number of sulfonamides is 1. The summed E-state index contributed by atoms with van der Waals surface area (Å²) in [5, 5.41) is 25.4. The number of ketones is 1. The number of thiophene rings is 1. The number of aliphatic hydroxyl groups excluding tert-OH is 1. The summed E-state index contributed by atoms with van der Waals surface area (Å²) in [5.74, 6) is 0.241. The molecule has 10 heteroatoms. The zero-order valence-electron chi connectivity index (χ0n) is 26.4. The van der Waals surface area contributed by atoms with Crippen molar-refractivity contribution in [2.24, 2.45) is 33.5 Å². The van der Waals surface area contributed by atoms with E-state index < -0.39 is 38.0 Å². The van der Waals surface area contributed by atoms with E-state index in [9.17, 15) is 23.4 Å². The Morgan fingerprint density at radius 2 is 1.84 bits per heavy atom. The first-order valence-corrected chi connectivity index (χ1v) is 18.6. The van der Waals surface area contributed by atoms with Gasteiger partial charge in [0.2, 0.25) is 5.78 Å². The Hall–Kier alpha value is -2.08. The van der Waals surface area contributed by atoms with Crippen molar-refractivity contribution in [2.45, 2.75) is 81.1 Å². The Morgan fingerprint density at radius 3 is 2.56 bits per heavy atom. The van der Waals surface area contributed by atoms with Gasteiger partial charge in [0.25, 0.3) is 10.0 Å². The van der Waals surface area contributed by atoms with Gasteiger partial charge in [0.1, 0.15) is 4.21 Å². The maximum absolute atomic E-state index is 14.4. The first kappa shape index (κ1) is 31.5. The summed E-state index contributed by atoms with van der Waals surface area (Å²) in [7, 11) is -2.23. The Kier molecular flexibility index (Phi) is 7.51. The molecule has 2 heterocycles. The number of furan rings is 1.